The molecule has 5 aromatic heterocycles. The van der Waals surface area contributed by atoms with Crippen LogP contribution in [-0.2, 0) is 0 Å². The Morgan fingerprint density at radius 3 is 1.27 bits per heavy atom. The monoisotopic (exact) mass is 664 g/mol. The van der Waals surface area contributed by atoms with Gasteiger partial charge in [-0.25, -0.2) is 0 Å². The lowest BCUT2D eigenvalue weighted by Gasteiger charge is -2.11. The summed E-state index contributed by atoms with van der Waals surface area (Å²) in [5.41, 5.74) is 12.2. The summed E-state index contributed by atoms with van der Waals surface area (Å²) in [5, 5.41) is 9.51. The van der Waals surface area contributed by atoms with Crippen LogP contribution in [0.15, 0.2) is 175 Å². The number of hydrogen-bond donors (Lipinski definition) is 0. The van der Waals surface area contributed by atoms with Crippen molar-refractivity contribution < 1.29 is 4.42 Å². The van der Waals surface area contributed by atoms with Crippen molar-refractivity contribution >= 4 is 87.4 Å². The van der Waals surface area contributed by atoms with Crippen LogP contribution in [0.25, 0.3) is 104 Å². The maximum absolute atomic E-state index is 6.28. The van der Waals surface area contributed by atoms with Crippen molar-refractivity contribution in [2.75, 3.05) is 0 Å². The summed E-state index contributed by atoms with van der Waals surface area (Å²) in [5.74, 6) is 0. The van der Waals surface area contributed by atoms with E-state index in [-0.39, 0.29) is 0 Å². The number of rotatable bonds is 3. The number of benzene rings is 7. The topological polar surface area (TPSA) is 40.8 Å². The van der Waals surface area contributed by atoms with Crippen molar-refractivity contribution in [2.24, 2.45) is 0 Å². The third-order valence-electron chi connectivity index (χ3n) is 10.9. The molecule has 0 bridgehead atoms. The Hall–Kier alpha value is -7.11. The molecule has 0 spiro atoms. The van der Waals surface area contributed by atoms with E-state index in [0.29, 0.717) is 0 Å². The highest BCUT2D eigenvalue weighted by atomic mass is 16.3. The predicted octanol–water partition coefficient (Wildman–Crippen LogP) is 12.3. The summed E-state index contributed by atoms with van der Waals surface area (Å²) in [6.07, 6.45) is 3.65. The van der Waals surface area contributed by atoms with E-state index in [1.54, 1.807) is 6.20 Å². The molecule has 0 amide bonds. The fourth-order valence-corrected chi connectivity index (χ4v) is 8.71. The van der Waals surface area contributed by atoms with E-state index in [4.69, 9.17) is 4.42 Å². The summed E-state index contributed by atoms with van der Waals surface area (Å²) in [7, 11) is 0. The molecule has 5 heterocycles. The van der Waals surface area contributed by atoms with Crippen molar-refractivity contribution in [1.82, 2.24) is 18.7 Å². The number of nitrogens with zero attached hydrogens (tertiary/aromatic N) is 4. The molecule has 52 heavy (non-hydrogen) atoms. The lowest BCUT2D eigenvalue weighted by atomic mass is 10.1. The number of fused-ring (bicyclic) bond motifs is 12. The second kappa shape index (κ2) is 10.2. The van der Waals surface area contributed by atoms with Gasteiger partial charge in [-0.2, -0.15) is 0 Å². The molecule has 5 heteroatoms. The van der Waals surface area contributed by atoms with Gasteiger partial charge in [0.1, 0.15) is 11.2 Å². The van der Waals surface area contributed by atoms with Crippen LogP contribution in [0, 0.1) is 0 Å². The van der Waals surface area contributed by atoms with Gasteiger partial charge in [0.25, 0.3) is 0 Å². The number of furan rings is 1. The Balaban J connectivity index is 1.08. The van der Waals surface area contributed by atoms with Crippen molar-refractivity contribution in [3.8, 4) is 17.1 Å². The highest BCUT2D eigenvalue weighted by Crippen LogP contribution is 2.40. The fraction of sp³-hybridized carbons (Fsp3) is 0. The molecule has 242 valence electrons. The Kier molecular flexibility index (Phi) is 5.44. The van der Waals surface area contributed by atoms with Crippen LogP contribution in [0.5, 0.6) is 0 Å². The molecular formula is C47H28N4O. The lowest BCUT2D eigenvalue weighted by molar-refractivity contribution is 0.668. The molecule has 0 saturated carbocycles. The predicted molar refractivity (Wildman–Crippen MR) is 215 cm³/mol. The van der Waals surface area contributed by atoms with Gasteiger partial charge in [-0.1, -0.05) is 72.8 Å². The van der Waals surface area contributed by atoms with Crippen LogP contribution >= 0.6 is 0 Å². The molecule has 0 aliphatic heterocycles. The number of para-hydroxylation sites is 4. The SMILES string of the molecule is c1ccc2c(c1)c1ccccc1n2-c1ccc2c(c1)c1ccccc1n2-c1ccc2c(c1)c1ccccc1n2-c1ccc2c(c1)oc1ccncc12. The van der Waals surface area contributed by atoms with Gasteiger partial charge in [-0.05, 0) is 78.9 Å². The molecular weight excluding hydrogens is 637 g/mol. The third-order valence-corrected chi connectivity index (χ3v) is 10.9. The molecule has 0 N–H and O–H groups in total. The Morgan fingerprint density at radius 1 is 0.327 bits per heavy atom. The third kappa shape index (κ3) is 3.69. The Bertz CT molecular complexity index is 3370. The molecule has 0 aliphatic carbocycles. The van der Waals surface area contributed by atoms with Gasteiger partial charge in [0, 0.05) is 78.6 Å². The minimum absolute atomic E-state index is 0.849. The van der Waals surface area contributed by atoms with Crippen molar-refractivity contribution in [2.45, 2.75) is 0 Å². The molecule has 5 nitrogen and oxygen atoms in total. The molecule has 12 rings (SSSR count). The molecule has 0 fully saturated rings. The molecule has 0 unspecified atom stereocenters. The zero-order chi connectivity index (χ0) is 33.9. The largest absolute Gasteiger partial charge is 0.456 e. The van der Waals surface area contributed by atoms with Crippen molar-refractivity contribution in [1.29, 1.82) is 0 Å². The number of pyridine rings is 1. The molecule has 0 atom stereocenters. The Labute approximate surface area is 296 Å². The summed E-state index contributed by atoms with van der Waals surface area (Å²) in [6.45, 7) is 0. The maximum Gasteiger partial charge on any atom is 0.138 e. The average molecular weight is 665 g/mol. The standard InChI is InChI=1S/C47H28N4O/c1-5-13-40-32(9-1)33-10-2-6-14-41(33)49(40)29-18-21-44-37(25-29)34-11-3-7-15-42(34)50(44)30-19-22-45-38(26-30)35-12-4-8-16-43(35)51(45)31-17-20-36-39-28-48-24-23-46(39)52-47(36)27-31/h1-28H. The first kappa shape index (κ1) is 27.7. The lowest BCUT2D eigenvalue weighted by Crippen LogP contribution is -1.96. The molecule has 0 radical (unpaired) electrons. The van der Waals surface area contributed by atoms with Gasteiger partial charge < -0.3 is 18.1 Å². The first-order valence-corrected chi connectivity index (χ1v) is 17.6. The van der Waals surface area contributed by atoms with E-state index in [0.717, 1.165) is 50.0 Å². The first-order chi connectivity index (χ1) is 25.8. The van der Waals surface area contributed by atoms with Gasteiger partial charge in [-0.15, -0.1) is 0 Å². The van der Waals surface area contributed by atoms with E-state index >= 15 is 0 Å². The maximum atomic E-state index is 6.28. The van der Waals surface area contributed by atoms with E-state index in [1.807, 2.05) is 12.3 Å². The van der Waals surface area contributed by atoms with E-state index in [2.05, 4.69) is 170 Å². The highest BCUT2D eigenvalue weighted by Gasteiger charge is 2.19. The fourth-order valence-electron chi connectivity index (χ4n) is 8.71. The molecule has 7 aromatic carbocycles. The Morgan fingerprint density at radius 2 is 0.750 bits per heavy atom. The minimum Gasteiger partial charge on any atom is -0.456 e. The highest BCUT2D eigenvalue weighted by molar-refractivity contribution is 6.14. The molecule has 12 aromatic rings. The summed E-state index contributed by atoms with van der Waals surface area (Å²) >= 11 is 0. The van der Waals surface area contributed by atoms with Crippen molar-refractivity contribution in [3.05, 3.63) is 170 Å². The van der Waals surface area contributed by atoms with Crippen LogP contribution in [0.2, 0.25) is 0 Å². The van der Waals surface area contributed by atoms with Gasteiger partial charge in [0.05, 0.1) is 33.1 Å². The molecule has 0 saturated heterocycles. The summed E-state index contributed by atoms with van der Waals surface area (Å²) in [6, 6.07) is 57.1. The van der Waals surface area contributed by atoms with Crippen LogP contribution < -0.4 is 0 Å². The van der Waals surface area contributed by atoms with Gasteiger partial charge in [-0.3, -0.25) is 4.98 Å². The van der Waals surface area contributed by atoms with Gasteiger partial charge >= 0.3 is 0 Å². The van der Waals surface area contributed by atoms with Crippen molar-refractivity contribution in [3.63, 3.8) is 0 Å². The second-order valence-electron chi connectivity index (χ2n) is 13.6. The normalized spacial score (nSPS) is 12.2. The smallest absolute Gasteiger partial charge is 0.138 e. The van der Waals surface area contributed by atoms with Crippen LogP contribution in [0.4, 0.5) is 0 Å². The molecule has 0 aliphatic rings. The number of hydrogen-bond acceptors (Lipinski definition) is 2. The van der Waals surface area contributed by atoms with Gasteiger partial charge in [0.2, 0.25) is 0 Å². The zero-order valence-corrected chi connectivity index (χ0v) is 27.9. The average Bonchev–Trinajstić information content (AvgIpc) is 3.93. The van der Waals surface area contributed by atoms with Crippen LogP contribution in [0.1, 0.15) is 0 Å². The van der Waals surface area contributed by atoms with E-state index < -0.39 is 0 Å². The quantitative estimate of drug-likeness (QED) is 0.189. The first-order valence-electron chi connectivity index (χ1n) is 17.6. The second-order valence-corrected chi connectivity index (χ2v) is 13.6. The number of aromatic nitrogens is 4. The van der Waals surface area contributed by atoms with Crippen LogP contribution in [-0.4, -0.2) is 18.7 Å². The van der Waals surface area contributed by atoms with Gasteiger partial charge in [0.15, 0.2) is 0 Å². The van der Waals surface area contributed by atoms with E-state index in [9.17, 15) is 0 Å². The van der Waals surface area contributed by atoms with Crippen LogP contribution in [0.3, 0.4) is 0 Å². The summed E-state index contributed by atoms with van der Waals surface area (Å²) in [4.78, 5) is 4.33. The minimum atomic E-state index is 0.849. The summed E-state index contributed by atoms with van der Waals surface area (Å²) < 4.78 is 13.4. The van der Waals surface area contributed by atoms with E-state index in [1.165, 1.54) is 54.4 Å². The zero-order valence-electron chi connectivity index (χ0n) is 27.9.